The number of halogens is 1. The molecule has 0 bridgehead atoms. The Hall–Kier alpha value is -4.38. The van der Waals surface area contributed by atoms with Crippen molar-refractivity contribution in [3.63, 3.8) is 0 Å². The van der Waals surface area contributed by atoms with Crippen molar-refractivity contribution in [2.75, 3.05) is 31.1 Å². The van der Waals surface area contributed by atoms with Gasteiger partial charge in [0.15, 0.2) is 28.4 Å². The number of nitrogens with one attached hydrogen (secondary N) is 2. The second kappa shape index (κ2) is 11.8. The first-order valence-corrected chi connectivity index (χ1v) is 13.4. The standard InChI is InChI=1S/C28H31ClN8O3/c29-23-25(31)34-24(30)22(33-23)26(39)35-27-32-17-28(36-27)12-14-37(15-13-28)21(38)11-8-18-6-9-20(10-7-18)40-16-19-4-2-1-3-5-19/h1-7,9-10H,8,11-17H2,(H4,30,31,34)(H2,32,35,36,39). The number of carbonyl (C=O) groups excluding carboxylic acids is 2. The molecule has 6 N–H and O–H groups in total. The summed E-state index contributed by atoms with van der Waals surface area (Å²) in [6.07, 6.45) is 2.56. The Kier molecular flexibility index (Phi) is 8.01. The number of guanidine groups is 1. The smallest absolute Gasteiger partial charge is 0.302 e. The van der Waals surface area contributed by atoms with E-state index in [9.17, 15) is 9.59 Å². The number of likely N-dealkylation sites (tertiary alicyclic amines) is 1. The van der Waals surface area contributed by atoms with E-state index in [0.29, 0.717) is 45.0 Å². The average Bonchev–Trinajstić information content (AvgIpc) is 3.35. The van der Waals surface area contributed by atoms with Crippen LogP contribution in [-0.4, -0.2) is 57.8 Å². The van der Waals surface area contributed by atoms with Crippen molar-refractivity contribution in [1.29, 1.82) is 0 Å². The SMILES string of the molecule is Nc1nc(N)c(C(=O)/N=C2\NCC3(CCN(C(=O)CCc4ccc(OCc5ccccc5)cc4)CC3)N2)nc1Cl. The van der Waals surface area contributed by atoms with Crippen LogP contribution in [0.5, 0.6) is 5.75 Å². The van der Waals surface area contributed by atoms with Crippen LogP contribution in [0.4, 0.5) is 11.6 Å². The van der Waals surface area contributed by atoms with E-state index in [1.807, 2.05) is 59.5 Å². The van der Waals surface area contributed by atoms with Gasteiger partial charge in [0.2, 0.25) is 5.91 Å². The van der Waals surface area contributed by atoms with E-state index in [2.05, 4.69) is 25.6 Å². The highest BCUT2D eigenvalue weighted by molar-refractivity contribution is 6.31. The van der Waals surface area contributed by atoms with Gasteiger partial charge >= 0.3 is 5.91 Å². The zero-order valence-electron chi connectivity index (χ0n) is 21.9. The number of hydrogen-bond donors (Lipinski definition) is 4. The van der Waals surface area contributed by atoms with Gasteiger partial charge in [-0.25, -0.2) is 9.97 Å². The predicted octanol–water partition coefficient (Wildman–Crippen LogP) is 2.56. The molecule has 2 aliphatic heterocycles. The van der Waals surface area contributed by atoms with E-state index < -0.39 is 5.91 Å². The zero-order chi connectivity index (χ0) is 28.1. The summed E-state index contributed by atoms with van der Waals surface area (Å²) in [4.78, 5) is 39.2. The summed E-state index contributed by atoms with van der Waals surface area (Å²) in [6, 6.07) is 17.9. The van der Waals surface area contributed by atoms with E-state index in [1.165, 1.54) is 0 Å². The van der Waals surface area contributed by atoms with Crippen LogP contribution in [0.3, 0.4) is 0 Å². The lowest BCUT2D eigenvalue weighted by Crippen LogP contribution is -2.53. The largest absolute Gasteiger partial charge is 0.489 e. The summed E-state index contributed by atoms with van der Waals surface area (Å²) < 4.78 is 5.84. The molecule has 2 aliphatic rings. The first-order chi connectivity index (χ1) is 19.3. The Bertz CT molecular complexity index is 1410. The maximum absolute atomic E-state index is 12.9. The topological polar surface area (TPSA) is 161 Å². The molecule has 3 heterocycles. The van der Waals surface area contributed by atoms with Gasteiger partial charge in [0, 0.05) is 26.1 Å². The quantitative estimate of drug-likeness (QED) is 0.339. The van der Waals surface area contributed by atoms with E-state index in [1.54, 1.807) is 0 Å². The van der Waals surface area contributed by atoms with Crippen LogP contribution in [0.25, 0.3) is 0 Å². The third-order valence-corrected chi connectivity index (χ3v) is 7.45. The molecule has 0 unspecified atom stereocenters. The van der Waals surface area contributed by atoms with Crippen molar-refractivity contribution < 1.29 is 14.3 Å². The Morgan fingerprint density at radius 2 is 1.73 bits per heavy atom. The van der Waals surface area contributed by atoms with E-state index in [0.717, 1.165) is 29.7 Å². The maximum atomic E-state index is 12.9. The van der Waals surface area contributed by atoms with Gasteiger partial charge in [-0.3, -0.25) is 9.59 Å². The van der Waals surface area contributed by atoms with Gasteiger partial charge < -0.3 is 31.7 Å². The molecular formula is C28H31ClN8O3. The summed E-state index contributed by atoms with van der Waals surface area (Å²) in [7, 11) is 0. The zero-order valence-corrected chi connectivity index (χ0v) is 22.7. The first-order valence-electron chi connectivity index (χ1n) is 13.1. The van der Waals surface area contributed by atoms with Gasteiger partial charge in [-0.15, -0.1) is 0 Å². The molecule has 0 atom stereocenters. The summed E-state index contributed by atoms with van der Waals surface area (Å²) in [5, 5.41) is 6.34. The minimum atomic E-state index is -0.678. The molecule has 2 aromatic carbocycles. The monoisotopic (exact) mass is 562 g/mol. The Morgan fingerprint density at radius 3 is 2.45 bits per heavy atom. The van der Waals surface area contributed by atoms with Crippen molar-refractivity contribution >= 4 is 41.0 Å². The van der Waals surface area contributed by atoms with E-state index >= 15 is 0 Å². The van der Waals surface area contributed by atoms with Gasteiger partial charge in [0.1, 0.15) is 12.4 Å². The number of amides is 2. The number of ether oxygens (including phenoxy) is 1. The minimum Gasteiger partial charge on any atom is -0.489 e. The van der Waals surface area contributed by atoms with Crippen molar-refractivity contribution in [1.82, 2.24) is 25.5 Å². The number of nitrogens with zero attached hydrogens (tertiary/aromatic N) is 4. The third-order valence-electron chi connectivity index (χ3n) is 7.17. The van der Waals surface area contributed by atoms with Gasteiger partial charge in [0.05, 0.1) is 5.54 Å². The van der Waals surface area contributed by atoms with Crippen LogP contribution in [0, 0.1) is 0 Å². The highest BCUT2D eigenvalue weighted by Gasteiger charge is 2.40. The molecule has 2 fully saturated rings. The molecule has 0 aliphatic carbocycles. The van der Waals surface area contributed by atoms with Crippen LogP contribution in [0.2, 0.25) is 5.15 Å². The van der Waals surface area contributed by atoms with Crippen LogP contribution < -0.4 is 26.8 Å². The number of aliphatic imine (C=N–C) groups is 1. The number of carbonyl (C=O) groups is 2. The molecule has 2 amide bonds. The van der Waals surface area contributed by atoms with E-state index in [-0.39, 0.29) is 33.9 Å². The summed E-state index contributed by atoms with van der Waals surface area (Å²) in [5.74, 6) is 0.392. The van der Waals surface area contributed by atoms with Gasteiger partial charge in [-0.2, -0.15) is 4.99 Å². The number of hydrogen-bond acceptors (Lipinski definition) is 7. The lowest BCUT2D eigenvalue weighted by molar-refractivity contribution is -0.132. The highest BCUT2D eigenvalue weighted by atomic mass is 35.5. The molecule has 1 spiro atoms. The lowest BCUT2D eigenvalue weighted by Gasteiger charge is -2.38. The molecule has 40 heavy (non-hydrogen) atoms. The fourth-order valence-electron chi connectivity index (χ4n) is 4.80. The minimum absolute atomic E-state index is 0.0530. The van der Waals surface area contributed by atoms with Crippen molar-refractivity contribution in [2.45, 2.75) is 37.8 Å². The van der Waals surface area contributed by atoms with Gasteiger partial charge in [-0.1, -0.05) is 54.1 Å². The fourth-order valence-corrected chi connectivity index (χ4v) is 4.93. The summed E-state index contributed by atoms with van der Waals surface area (Å²) in [6.45, 7) is 2.34. The van der Waals surface area contributed by atoms with Gasteiger partial charge in [-0.05, 0) is 42.5 Å². The Morgan fingerprint density at radius 1 is 1.00 bits per heavy atom. The molecule has 2 saturated heterocycles. The molecule has 0 saturated carbocycles. The fraction of sp³-hybridized carbons (Fsp3) is 0.321. The first kappa shape index (κ1) is 27.2. The number of aromatic nitrogens is 2. The van der Waals surface area contributed by atoms with Crippen LogP contribution in [0.1, 0.15) is 40.9 Å². The molecule has 1 aromatic heterocycles. The number of benzene rings is 2. The molecule has 0 radical (unpaired) electrons. The van der Waals surface area contributed by atoms with E-state index in [4.69, 9.17) is 27.8 Å². The van der Waals surface area contributed by atoms with Crippen LogP contribution >= 0.6 is 11.6 Å². The predicted molar refractivity (Wildman–Crippen MR) is 153 cm³/mol. The summed E-state index contributed by atoms with van der Waals surface area (Å²) in [5.41, 5.74) is 13.1. The van der Waals surface area contributed by atoms with Crippen molar-refractivity contribution in [3.05, 3.63) is 76.6 Å². The number of aryl methyl sites for hydroxylation is 1. The number of piperidine rings is 1. The molecule has 11 nitrogen and oxygen atoms in total. The number of anilines is 2. The number of nitrogen functional groups attached to an aromatic ring is 2. The second-order valence-electron chi connectivity index (χ2n) is 9.96. The molecule has 208 valence electrons. The average molecular weight is 563 g/mol. The van der Waals surface area contributed by atoms with Crippen LogP contribution in [0.15, 0.2) is 59.6 Å². The normalized spacial score (nSPS) is 16.9. The summed E-state index contributed by atoms with van der Waals surface area (Å²) >= 11 is 5.87. The second-order valence-corrected chi connectivity index (χ2v) is 10.3. The lowest BCUT2D eigenvalue weighted by atomic mass is 9.88. The molecule has 12 heteroatoms. The molecule has 5 rings (SSSR count). The number of rotatable bonds is 7. The third kappa shape index (κ3) is 6.42. The van der Waals surface area contributed by atoms with Gasteiger partial charge in [0.25, 0.3) is 0 Å². The Balaban J connectivity index is 1.07. The maximum Gasteiger partial charge on any atom is 0.302 e. The number of nitrogens with two attached hydrogens (primary N) is 2. The van der Waals surface area contributed by atoms with Crippen molar-refractivity contribution in [3.8, 4) is 5.75 Å². The molecular weight excluding hydrogens is 532 g/mol. The van der Waals surface area contributed by atoms with Crippen LogP contribution in [-0.2, 0) is 17.8 Å². The van der Waals surface area contributed by atoms with Crippen molar-refractivity contribution in [2.24, 2.45) is 4.99 Å². The highest BCUT2D eigenvalue weighted by Crippen LogP contribution is 2.26. The Labute approximate surface area is 237 Å². The molecule has 3 aromatic rings.